The highest BCUT2D eigenvalue weighted by atomic mass is 16.1. The minimum atomic E-state index is -0.146. The van der Waals surface area contributed by atoms with Crippen LogP contribution in [0.4, 0.5) is 5.95 Å². The lowest BCUT2D eigenvalue weighted by atomic mass is 9.98. The van der Waals surface area contributed by atoms with Crippen LogP contribution < -0.4 is 10.2 Å². The minimum absolute atomic E-state index is 0.0923. The molecule has 0 radical (unpaired) electrons. The van der Waals surface area contributed by atoms with Gasteiger partial charge in [-0.1, -0.05) is 44.2 Å². The van der Waals surface area contributed by atoms with Gasteiger partial charge in [-0.25, -0.2) is 9.97 Å². The van der Waals surface area contributed by atoms with E-state index in [1.807, 2.05) is 55.6 Å². The summed E-state index contributed by atoms with van der Waals surface area (Å²) < 4.78 is 0. The van der Waals surface area contributed by atoms with E-state index in [1.165, 1.54) is 0 Å². The first-order valence-corrected chi connectivity index (χ1v) is 11.4. The van der Waals surface area contributed by atoms with Crippen LogP contribution in [0.1, 0.15) is 56.7 Å². The van der Waals surface area contributed by atoms with Gasteiger partial charge in [0.1, 0.15) is 0 Å². The lowest BCUT2D eigenvalue weighted by molar-refractivity contribution is -0.123. The number of pyridine rings is 1. The van der Waals surface area contributed by atoms with Gasteiger partial charge < -0.3 is 10.2 Å². The molecule has 1 aliphatic heterocycles. The van der Waals surface area contributed by atoms with Gasteiger partial charge in [-0.05, 0) is 48.9 Å². The maximum Gasteiger partial charge on any atom is 0.227 e. The molecule has 1 aromatic carbocycles. The molecular weight excluding hydrogens is 398 g/mol. The Kier molecular flexibility index (Phi) is 6.78. The van der Waals surface area contributed by atoms with Crippen molar-refractivity contribution < 1.29 is 4.79 Å². The summed E-state index contributed by atoms with van der Waals surface area (Å²) in [6, 6.07) is 14.1. The molecule has 3 heterocycles. The zero-order valence-corrected chi connectivity index (χ0v) is 19.0. The molecule has 1 saturated heterocycles. The summed E-state index contributed by atoms with van der Waals surface area (Å²) in [7, 11) is 0. The molecule has 1 N–H and O–H groups in total. The smallest absolute Gasteiger partial charge is 0.227 e. The Balaban J connectivity index is 1.40. The van der Waals surface area contributed by atoms with Gasteiger partial charge in [0.25, 0.3) is 0 Å². The predicted octanol–water partition coefficient (Wildman–Crippen LogP) is 4.55. The highest BCUT2D eigenvalue weighted by Gasteiger charge is 2.25. The lowest BCUT2D eigenvalue weighted by Gasteiger charge is -2.33. The summed E-state index contributed by atoms with van der Waals surface area (Å²) in [6.07, 6.45) is 7.30. The van der Waals surface area contributed by atoms with Crippen LogP contribution in [0.15, 0.2) is 61.1 Å². The number of hydrogen-bond donors (Lipinski definition) is 1. The van der Waals surface area contributed by atoms with Crippen LogP contribution in [0.25, 0.3) is 11.1 Å². The molecule has 1 unspecified atom stereocenters. The Morgan fingerprint density at radius 2 is 1.72 bits per heavy atom. The van der Waals surface area contributed by atoms with E-state index in [-0.39, 0.29) is 23.8 Å². The molecule has 1 aliphatic rings. The standard InChI is InChI=1S/C26H31N5O/c1-18(2)24-23(21-9-13-27-14-10-21)17-28-26(30-24)31-15-11-22(12-16-31)29-25(32)19(3)20-7-5-4-6-8-20/h4-10,13-14,17-19,22H,11-12,15-16H2,1-3H3,(H,29,32). The van der Waals surface area contributed by atoms with Crippen molar-refractivity contribution in [2.75, 3.05) is 18.0 Å². The fraction of sp³-hybridized carbons (Fsp3) is 0.385. The fourth-order valence-corrected chi connectivity index (χ4v) is 4.17. The summed E-state index contributed by atoms with van der Waals surface area (Å²) in [5, 5.41) is 3.24. The molecule has 0 aliphatic carbocycles. The molecule has 32 heavy (non-hydrogen) atoms. The number of nitrogens with one attached hydrogen (secondary N) is 1. The van der Waals surface area contributed by atoms with Gasteiger partial charge in [0.05, 0.1) is 11.6 Å². The minimum Gasteiger partial charge on any atom is -0.353 e. The molecule has 0 saturated carbocycles. The monoisotopic (exact) mass is 429 g/mol. The van der Waals surface area contributed by atoms with E-state index in [2.05, 4.69) is 34.0 Å². The molecule has 166 valence electrons. The predicted molar refractivity (Wildman–Crippen MR) is 128 cm³/mol. The first kappa shape index (κ1) is 21.9. The normalized spacial score (nSPS) is 15.6. The number of anilines is 1. The first-order chi connectivity index (χ1) is 15.5. The highest BCUT2D eigenvalue weighted by molar-refractivity contribution is 5.83. The SMILES string of the molecule is CC(C)c1nc(N2CCC(NC(=O)C(C)c3ccccc3)CC2)ncc1-c1ccncc1. The van der Waals surface area contributed by atoms with Crippen LogP contribution >= 0.6 is 0 Å². The van der Waals surface area contributed by atoms with E-state index in [1.54, 1.807) is 12.4 Å². The van der Waals surface area contributed by atoms with Gasteiger partial charge in [0.15, 0.2) is 0 Å². The molecule has 6 nitrogen and oxygen atoms in total. The number of amides is 1. The molecule has 1 amide bonds. The van der Waals surface area contributed by atoms with Crippen molar-refractivity contribution in [3.63, 3.8) is 0 Å². The summed E-state index contributed by atoms with van der Waals surface area (Å²) >= 11 is 0. The van der Waals surface area contributed by atoms with Gasteiger partial charge in [-0.15, -0.1) is 0 Å². The summed E-state index contributed by atoms with van der Waals surface area (Å²) in [6.45, 7) is 7.94. The first-order valence-electron chi connectivity index (χ1n) is 11.4. The van der Waals surface area contributed by atoms with Crippen LogP contribution in [0.2, 0.25) is 0 Å². The number of rotatable bonds is 6. The van der Waals surface area contributed by atoms with Crippen LogP contribution in [-0.4, -0.2) is 40.0 Å². The average molecular weight is 430 g/mol. The van der Waals surface area contributed by atoms with Gasteiger partial charge in [0, 0.05) is 43.3 Å². The number of carbonyl (C=O) groups is 1. The van der Waals surface area contributed by atoms with Crippen molar-refractivity contribution in [2.45, 2.75) is 51.5 Å². The average Bonchev–Trinajstić information content (AvgIpc) is 2.84. The summed E-state index contributed by atoms with van der Waals surface area (Å²) in [5.41, 5.74) is 4.24. The molecule has 0 spiro atoms. The summed E-state index contributed by atoms with van der Waals surface area (Å²) in [4.78, 5) is 28.7. The Morgan fingerprint density at radius 1 is 1.03 bits per heavy atom. The molecule has 2 aromatic heterocycles. The topological polar surface area (TPSA) is 71.0 Å². The second-order valence-corrected chi connectivity index (χ2v) is 8.76. The number of benzene rings is 1. The van der Waals surface area contributed by atoms with E-state index in [0.29, 0.717) is 0 Å². The Bertz CT molecular complexity index is 1030. The number of nitrogens with zero attached hydrogens (tertiary/aromatic N) is 4. The number of aromatic nitrogens is 3. The number of hydrogen-bond acceptors (Lipinski definition) is 5. The van der Waals surface area contributed by atoms with Crippen molar-refractivity contribution >= 4 is 11.9 Å². The van der Waals surface area contributed by atoms with Crippen molar-refractivity contribution in [2.24, 2.45) is 0 Å². The highest BCUT2D eigenvalue weighted by Crippen LogP contribution is 2.29. The van der Waals surface area contributed by atoms with E-state index in [4.69, 9.17) is 4.98 Å². The molecule has 3 aromatic rings. The van der Waals surface area contributed by atoms with Crippen molar-refractivity contribution in [3.05, 3.63) is 72.3 Å². The number of piperidine rings is 1. The quantitative estimate of drug-likeness (QED) is 0.622. The molecule has 6 heteroatoms. The fourth-order valence-electron chi connectivity index (χ4n) is 4.17. The molecule has 0 bridgehead atoms. The van der Waals surface area contributed by atoms with Crippen LogP contribution in [-0.2, 0) is 4.79 Å². The van der Waals surface area contributed by atoms with Crippen LogP contribution in [0.5, 0.6) is 0 Å². The lowest BCUT2D eigenvalue weighted by Crippen LogP contribution is -2.46. The van der Waals surface area contributed by atoms with Crippen LogP contribution in [0, 0.1) is 0 Å². The van der Waals surface area contributed by atoms with Gasteiger partial charge in [0.2, 0.25) is 11.9 Å². The molecule has 4 rings (SSSR count). The van der Waals surface area contributed by atoms with E-state index in [0.717, 1.165) is 54.3 Å². The zero-order valence-electron chi connectivity index (χ0n) is 19.0. The third kappa shape index (κ3) is 4.96. The number of carbonyl (C=O) groups excluding carboxylic acids is 1. The third-order valence-electron chi connectivity index (χ3n) is 6.16. The summed E-state index contributed by atoms with van der Waals surface area (Å²) in [5.74, 6) is 1.01. The zero-order chi connectivity index (χ0) is 22.5. The van der Waals surface area contributed by atoms with Crippen molar-refractivity contribution in [3.8, 4) is 11.1 Å². The molecular formula is C26H31N5O. The van der Waals surface area contributed by atoms with E-state index >= 15 is 0 Å². The van der Waals surface area contributed by atoms with Gasteiger partial charge in [-0.3, -0.25) is 9.78 Å². The Morgan fingerprint density at radius 3 is 2.38 bits per heavy atom. The Labute approximate surface area is 190 Å². The van der Waals surface area contributed by atoms with Gasteiger partial charge >= 0.3 is 0 Å². The van der Waals surface area contributed by atoms with Crippen LogP contribution in [0.3, 0.4) is 0 Å². The van der Waals surface area contributed by atoms with Crippen molar-refractivity contribution in [1.82, 2.24) is 20.3 Å². The van der Waals surface area contributed by atoms with Gasteiger partial charge in [-0.2, -0.15) is 0 Å². The van der Waals surface area contributed by atoms with Crippen molar-refractivity contribution in [1.29, 1.82) is 0 Å². The second-order valence-electron chi connectivity index (χ2n) is 8.76. The molecule has 1 atom stereocenters. The van der Waals surface area contributed by atoms with E-state index < -0.39 is 0 Å². The van der Waals surface area contributed by atoms with E-state index in [9.17, 15) is 4.79 Å². The maximum absolute atomic E-state index is 12.7. The molecule has 1 fully saturated rings. The Hall–Kier alpha value is -3.28. The third-order valence-corrected chi connectivity index (χ3v) is 6.16. The maximum atomic E-state index is 12.7. The second kappa shape index (κ2) is 9.90. The largest absolute Gasteiger partial charge is 0.353 e.